The Bertz CT molecular complexity index is 798. The van der Waals surface area contributed by atoms with Gasteiger partial charge in [-0.15, -0.1) is 11.3 Å². The first-order valence-electron chi connectivity index (χ1n) is 7.30. The lowest BCUT2D eigenvalue weighted by atomic mass is 10.2. The van der Waals surface area contributed by atoms with E-state index in [2.05, 4.69) is 15.6 Å². The molecule has 0 fully saturated rings. The molecule has 0 radical (unpaired) electrons. The predicted octanol–water partition coefficient (Wildman–Crippen LogP) is 3.47. The first kappa shape index (κ1) is 15.5. The normalized spacial score (nSPS) is 12.1. The summed E-state index contributed by atoms with van der Waals surface area (Å²) in [6.45, 7) is 1.64. The number of carbonyl (C=O) groups is 1. The Morgan fingerprint density at radius 1 is 1.26 bits per heavy atom. The summed E-state index contributed by atoms with van der Waals surface area (Å²) < 4.78 is 1.13. The van der Waals surface area contributed by atoms with Crippen molar-refractivity contribution in [1.82, 2.24) is 10.3 Å². The highest BCUT2D eigenvalue weighted by Crippen LogP contribution is 2.31. The molecule has 6 heteroatoms. The minimum absolute atomic E-state index is 0.0981. The van der Waals surface area contributed by atoms with Crippen molar-refractivity contribution in [2.45, 2.75) is 13.0 Å². The number of hydrogen-bond acceptors (Lipinski definition) is 4. The van der Waals surface area contributed by atoms with Gasteiger partial charge in [-0.25, -0.2) is 9.78 Å². The van der Waals surface area contributed by atoms with Crippen molar-refractivity contribution in [3.8, 4) is 10.6 Å². The second-order valence-electron chi connectivity index (χ2n) is 5.25. The van der Waals surface area contributed by atoms with E-state index in [4.69, 9.17) is 5.11 Å². The third kappa shape index (κ3) is 3.67. The second kappa shape index (κ2) is 6.76. The lowest BCUT2D eigenvalue weighted by Gasteiger charge is -2.12. The van der Waals surface area contributed by atoms with Gasteiger partial charge in [-0.05, 0) is 31.2 Å². The zero-order valence-electron chi connectivity index (χ0n) is 12.6. The van der Waals surface area contributed by atoms with Gasteiger partial charge in [0.25, 0.3) is 0 Å². The zero-order valence-corrected chi connectivity index (χ0v) is 13.4. The molecule has 1 heterocycles. The molecule has 3 aromatic rings. The van der Waals surface area contributed by atoms with Gasteiger partial charge < -0.3 is 15.7 Å². The molecule has 0 aliphatic rings. The molecule has 3 rings (SSSR count). The first-order valence-corrected chi connectivity index (χ1v) is 8.12. The number of nitrogens with zero attached hydrogens (tertiary/aromatic N) is 1. The van der Waals surface area contributed by atoms with E-state index in [9.17, 15) is 4.79 Å². The van der Waals surface area contributed by atoms with Crippen molar-refractivity contribution in [3.63, 3.8) is 0 Å². The summed E-state index contributed by atoms with van der Waals surface area (Å²) in [7, 11) is 0. The number of urea groups is 1. The van der Waals surface area contributed by atoms with Crippen molar-refractivity contribution >= 4 is 33.3 Å². The van der Waals surface area contributed by atoms with E-state index in [-0.39, 0.29) is 18.7 Å². The highest BCUT2D eigenvalue weighted by Gasteiger charge is 2.09. The van der Waals surface area contributed by atoms with Crippen molar-refractivity contribution in [2.75, 3.05) is 11.9 Å². The van der Waals surface area contributed by atoms with Crippen LogP contribution in [0.5, 0.6) is 0 Å². The van der Waals surface area contributed by atoms with Crippen LogP contribution in [0.4, 0.5) is 10.5 Å². The van der Waals surface area contributed by atoms with Crippen LogP contribution in [0.1, 0.15) is 6.92 Å². The number of aliphatic hydroxyl groups excluding tert-OH is 1. The maximum Gasteiger partial charge on any atom is 0.319 e. The van der Waals surface area contributed by atoms with Crippen LogP contribution in [-0.4, -0.2) is 28.8 Å². The van der Waals surface area contributed by atoms with Crippen molar-refractivity contribution in [2.24, 2.45) is 0 Å². The van der Waals surface area contributed by atoms with Crippen LogP contribution in [0.3, 0.4) is 0 Å². The van der Waals surface area contributed by atoms with Gasteiger partial charge in [-0.1, -0.05) is 24.3 Å². The van der Waals surface area contributed by atoms with Gasteiger partial charge in [0.15, 0.2) is 0 Å². The molecule has 0 saturated carbocycles. The number of rotatable bonds is 4. The minimum atomic E-state index is -0.340. The Kier molecular flexibility index (Phi) is 4.55. The van der Waals surface area contributed by atoms with Gasteiger partial charge in [0.2, 0.25) is 0 Å². The van der Waals surface area contributed by atoms with Crippen molar-refractivity contribution in [1.29, 1.82) is 0 Å². The summed E-state index contributed by atoms with van der Waals surface area (Å²) >= 11 is 1.62. The number of amides is 2. The first-order chi connectivity index (χ1) is 11.2. The van der Waals surface area contributed by atoms with Gasteiger partial charge in [0.1, 0.15) is 5.01 Å². The van der Waals surface area contributed by atoms with E-state index in [1.165, 1.54) is 0 Å². The van der Waals surface area contributed by atoms with E-state index >= 15 is 0 Å². The van der Waals surface area contributed by atoms with Gasteiger partial charge in [0, 0.05) is 11.3 Å². The fourth-order valence-corrected chi connectivity index (χ4v) is 3.12. The van der Waals surface area contributed by atoms with E-state index in [0.717, 1.165) is 20.8 Å². The number of nitrogens with one attached hydrogen (secondary N) is 2. The van der Waals surface area contributed by atoms with Gasteiger partial charge >= 0.3 is 6.03 Å². The minimum Gasteiger partial charge on any atom is -0.394 e. The average Bonchev–Trinajstić information content (AvgIpc) is 2.99. The molecule has 0 aliphatic carbocycles. The maximum atomic E-state index is 11.8. The molecule has 3 N–H and O–H groups in total. The Morgan fingerprint density at radius 2 is 2.09 bits per heavy atom. The van der Waals surface area contributed by atoms with Crippen LogP contribution in [-0.2, 0) is 0 Å². The summed E-state index contributed by atoms with van der Waals surface area (Å²) in [6.07, 6.45) is 0. The van der Waals surface area contributed by atoms with Gasteiger partial charge in [-0.2, -0.15) is 0 Å². The van der Waals surface area contributed by atoms with Gasteiger partial charge in [-0.3, -0.25) is 0 Å². The molecule has 1 aromatic heterocycles. The summed E-state index contributed by atoms with van der Waals surface area (Å²) in [5, 5.41) is 15.3. The highest BCUT2D eigenvalue weighted by atomic mass is 32.1. The fraction of sp³-hybridized carbons (Fsp3) is 0.176. The average molecular weight is 327 g/mol. The molecule has 1 atom stereocenters. The Balaban J connectivity index is 1.80. The smallest absolute Gasteiger partial charge is 0.319 e. The maximum absolute atomic E-state index is 11.8. The van der Waals surface area contributed by atoms with Crippen LogP contribution in [0, 0.1) is 0 Å². The van der Waals surface area contributed by atoms with Crippen molar-refractivity contribution < 1.29 is 9.90 Å². The highest BCUT2D eigenvalue weighted by molar-refractivity contribution is 7.21. The largest absolute Gasteiger partial charge is 0.394 e. The molecule has 0 bridgehead atoms. The lowest BCUT2D eigenvalue weighted by Crippen LogP contribution is -2.38. The summed E-state index contributed by atoms with van der Waals surface area (Å²) in [6, 6.07) is 14.9. The third-order valence-corrected chi connectivity index (χ3v) is 4.40. The molecule has 0 saturated heterocycles. The molecule has 0 spiro atoms. The predicted molar refractivity (Wildman–Crippen MR) is 93.8 cm³/mol. The Hall–Kier alpha value is -2.44. The Labute approximate surface area is 138 Å². The number of benzene rings is 2. The summed E-state index contributed by atoms with van der Waals surface area (Å²) in [5.74, 6) is 0. The molecule has 0 unspecified atom stereocenters. The topological polar surface area (TPSA) is 74.2 Å². The number of para-hydroxylation sites is 1. The number of aliphatic hydroxyl groups is 1. The SMILES string of the molecule is C[C@@H](CO)NC(=O)Nc1cccc(-c2nc3ccccc3s2)c1. The van der Waals surface area contributed by atoms with E-state index in [0.29, 0.717) is 5.69 Å². The fourth-order valence-electron chi connectivity index (χ4n) is 2.16. The molecular weight excluding hydrogens is 310 g/mol. The van der Waals surface area contributed by atoms with E-state index in [1.807, 2.05) is 48.5 Å². The van der Waals surface area contributed by atoms with Crippen LogP contribution in [0.25, 0.3) is 20.8 Å². The molecule has 2 amide bonds. The number of thiazole rings is 1. The van der Waals surface area contributed by atoms with Crippen LogP contribution in [0.15, 0.2) is 48.5 Å². The van der Waals surface area contributed by atoms with E-state index < -0.39 is 0 Å². The second-order valence-corrected chi connectivity index (χ2v) is 6.28. The zero-order chi connectivity index (χ0) is 16.2. The lowest BCUT2D eigenvalue weighted by molar-refractivity contribution is 0.229. The molecule has 5 nitrogen and oxygen atoms in total. The van der Waals surface area contributed by atoms with Crippen LogP contribution in [0.2, 0.25) is 0 Å². The summed E-state index contributed by atoms with van der Waals surface area (Å²) in [5.41, 5.74) is 2.61. The quantitative estimate of drug-likeness (QED) is 0.687. The summed E-state index contributed by atoms with van der Waals surface area (Å²) in [4.78, 5) is 16.4. The monoisotopic (exact) mass is 327 g/mol. The molecule has 2 aromatic carbocycles. The number of carbonyl (C=O) groups excluding carboxylic acids is 1. The Morgan fingerprint density at radius 3 is 2.87 bits per heavy atom. The molecular formula is C17H17N3O2S. The standard InChI is InChI=1S/C17H17N3O2S/c1-11(10-21)18-17(22)19-13-6-4-5-12(9-13)16-20-14-7-2-3-8-15(14)23-16/h2-9,11,21H,10H2,1H3,(H2,18,19,22)/t11-/m0/s1. The molecule has 118 valence electrons. The van der Waals surface area contributed by atoms with E-state index in [1.54, 1.807) is 18.3 Å². The number of fused-ring (bicyclic) bond motifs is 1. The molecule has 23 heavy (non-hydrogen) atoms. The number of aromatic nitrogens is 1. The van der Waals surface area contributed by atoms with Crippen LogP contribution >= 0.6 is 11.3 Å². The van der Waals surface area contributed by atoms with Crippen LogP contribution < -0.4 is 10.6 Å². The number of anilines is 1. The van der Waals surface area contributed by atoms with Crippen molar-refractivity contribution in [3.05, 3.63) is 48.5 Å². The van der Waals surface area contributed by atoms with Gasteiger partial charge in [0.05, 0.1) is 22.9 Å². The number of hydrogen-bond donors (Lipinski definition) is 3. The molecule has 0 aliphatic heterocycles. The third-order valence-electron chi connectivity index (χ3n) is 3.31.